The lowest BCUT2D eigenvalue weighted by atomic mass is 10.1. The quantitative estimate of drug-likeness (QED) is 0.564. The first-order valence-electron chi connectivity index (χ1n) is 5.16. The Bertz CT molecular complexity index is 376. The lowest BCUT2D eigenvalue weighted by Crippen LogP contribution is -2.18. The molecule has 0 aliphatic carbocycles. The maximum atomic E-state index is 11.5. The zero-order valence-corrected chi connectivity index (χ0v) is 9.99. The number of rotatable bonds is 2. The van der Waals surface area contributed by atoms with E-state index in [1.54, 1.807) is 0 Å². The lowest BCUT2D eigenvalue weighted by Gasteiger charge is -2.10. The van der Waals surface area contributed by atoms with Crippen LogP contribution in [0.5, 0.6) is 0 Å². The number of cyclic esters (lactones) is 1. The Balaban J connectivity index is 2.11. The summed E-state index contributed by atoms with van der Waals surface area (Å²) in [5.74, 6) is 0.332. The van der Waals surface area contributed by atoms with Gasteiger partial charge >= 0.3 is 5.97 Å². The minimum Gasteiger partial charge on any atom is -0.465 e. The molecule has 15 heavy (non-hydrogen) atoms. The molecule has 2 nitrogen and oxygen atoms in total. The first kappa shape index (κ1) is 10.6. The Morgan fingerprint density at radius 2 is 2.27 bits per heavy atom. The standard InChI is InChI=1S/C12H15O2P/c1-8-4-3-5-10(6-8)15-11-9(2)7-14-12(11)13/h3-6,9,11,15H,7H2,1-2H3. The molecule has 0 spiro atoms. The molecular formula is C12H15O2P. The minimum atomic E-state index is -0.0256. The Labute approximate surface area is 91.8 Å². The van der Waals surface area contributed by atoms with Crippen molar-refractivity contribution in [3.8, 4) is 0 Å². The number of carbonyl (C=O) groups excluding carboxylic acids is 1. The first-order chi connectivity index (χ1) is 7.16. The highest BCUT2D eigenvalue weighted by molar-refractivity contribution is 7.49. The van der Waals surface area contributed by atoms with E-state index in [2.05, 4.69) is 32.0 Å². The molecule has 1 aliphatic rings. The van der Waals surface area contributed by atoms with E-state index in [9.17, 15) is 4.79 Å². The van der Waals surface area contributed by atoms with E-state index in [0.29, 0.717) is 21.1 Å². The van der Waals surface area contributed by atoms with Gasteiger partial charge in [0.1, 0.15) is 0 Å². The van der Waals surface area contributed by atoms with Crippen molar-refractivity contribution < 1.29 is 9.53 Å². The van der Waals surface area contributed by atoms with Gasteiger partial charge in [-0.05, 0) is 12.2 Å². The maximum Gasteiger partial charge on any atom is 0.313 e. The third-order valence-electron chi connectivity index (χ3n) is 2.65. The first-order valence-corrected chi connectivity index (χ1v) is 6.24. The fourth-order valence-corrected chi connectivity index (χ4v) is 3.19. The molecule has 0 radical (unpaired) electrons. The van der Waals surface area contributed by atoms with Crippen LogP contribution in [-0.4, -0.2) is 18.2 Å². The van der Waals surface area contributed by atoms with Crippen molar-refractivity contribution >= 4 is 19.9 Å². The molecule has 1 aromatic rings. The number of esters is 1. The minimum absolute atomic E-state index is 0.0256. The molecule has 0 saturated carbocycles. The SMILES string of the molecule is Cc1cccc(PC2C(=O)OCC2C)c1. The summed E-state index contributed by atoms with van der Waals surface area (Å²) in [6.07, 6.45) is 0. The number of carbonyl (C=O) groups is 1. The molecule has 3 unspecified atom stereocenters. The summed E-state index contributed by atoms with van der Waals surface area (Å²) in [7, 11) is 0.541. The van der Waals surface area contributed by atoms with Crippen LogP contribution in [0.25, 0.3) is 0 Å². The molecule has 0 aromatic heterocycles. The van der Waals surface area contributed by atoms with Crippen molar-refractivity contribution in [3.63, 3.8) is 0 Å². The number of ether oxygens (including phenoxy) is 1. The summed E-state index contributed by atoms with van der Waals surface area (Å²) in [4.78, 5) is 11.5. The van der Waals surface area contributed by atoms with Crippen molar-refractivity contribution in [1.82, 2.24) is 0 Å². The highest BCUT2D eigenvalue weighted by Crippen LogP contribution is 2.31. The van der Waals surface area contributed by atoms with Gasteiger partial charge in [0.25, 0.3) is 0 Å². The van der Waals surface area contributed by atoms with Crippen LogP contribution < -0.4 is 5.30 Å². The van der Waals surface area contributed by atoms with Crippen molar-refractivity contribution in [2.24, 2.45) is 5.92 Å². The van der Waals surface area contributed by atoms with E-state index >= 15 is 0 Å². The predicted octanol–water partition coefficient (Wildman–Crippen LogP) is 1.86. The van der Waals surface area contributed by atoms with Gasteiger partial charge in [0.15, 0.2) is 0 Å². The van der Waals surface area contributed by atoms with E-state index in [1.165, 1.54) is 10.9 Å². The van der Waals surface area contributed by atoms with Gasteiger partial charge in [0, 0.05) is 5.92 Å². The molecule has 0 bridgehead atoms. The van der Waals surface area contributed by atoms with Gasteiger partial charge in [-0.15, -0.1) is 0 Å². The van der Waals surface area contributed by atoms with Gasteiger partial charge in [0.2, 0.25) is 0 Å². The molecule has 0 amide bonds. The van der Waals surface area contributed by atoms with Crippen LogP contribution in [0.3, 0.4) is 0 Å². The maximum absolute atomic E-state index is 11.5. The van der Waals surface area contributed by atoms with Gasteiger partial charge in [-0.25, -0.2) is 0 Å². The normalized spacial score (nSPS) is 26.1. The fraction of sp³-hybridized carbons (Fsp3) is 0.417. The van der Waals surface area contributed by atoms with E-state index in [4.69, 9.17) is 4.74 Å². The topological polar surface area (TPSA) is 26.3 Å². The van der Waals surface area contributed by atoms with E-state index in [1.807, 2.05) is 6.07 Å². The highest BCUT2D eigenvalue weighted by atomic mass is 31.1. The summed E-state index contributed by atoms with van der Waals surface area (Å²) in [6, 6.07) is 8.35. The Morgan fingerprint density at radius 3 is 2.87 bits per heavy atom. The smallest absolute Gasteiger partial charge is 0.313 e. The van der Waals surface area contributed by atoms with Crippen molar-refractivity contribution in [2.45, 2.75) is 19.5 Å². The van der Waals surface area contributed by atoms with Crippen molar-refractivity contribution in [1.29, 1.82) is 0 Å². The largest absolute Gasteiger partial charge is 0.465 e. The second kappa shape index (κ2) is 4.32. The Hall–Kier alpha value is -0.880. The third kappa shape index (κ3) is 2.38. The second-order valence-electron chi connectivity index (χ2n) is 4.10. The van der Waals surface area contributed by atoms with Crippen LogP contribution in [-0.2, 0) is 9.53 Å². The van der Waals surface area contributed by atoms with Crippen LogP contribution >= 0.6 is 8.58 Å². The Kier molecular flexibility index (Phi) is 3.06. The van der Waals surface area contributed by atoms with Gasteiger partial charge in [0.05, 0.1) is 12.3 Å². The molecule has 2 rings (SSSR count). The molecule has 1 aliphatic heterocycles. The second-order valence-corrected chi connectivity index (χ2v) is 5.59. The van der Waals surface area contributed by atoms with Gasteiger partial charge in [-0.3, -0.25) is 4.79 Å². The molecule has 0 N–H and O–H groups in total. The summed E-state index contributed by atoms with van der Waals surface area (Å²) in [6.45, 7) is 4.74. The van der Waals surface area contributed by atoms with Crippen LogP contribution in [0, 0.1) is 12.8 Å². The van der Waals surface area contributed by atoms with Gasteiger partial charge in [-0.1, -0.05) is 45.3 Å². The zero-order valence-electron chi connectivity index (χ0n) is 8.99. The molecule has 80 valence electrons. The van der Waals surface area contributed by atoms with Crippen LogP contribution in [0.2, 0.25) is 0 Å². The summed E-state index contributed by atoms with van der Waals surface area (Å²) in [5, 5.41) is 1.26. The Morgan fingerprint density at radius 1 is 1.47 bits per heavy atom. The fourth-order valence-electron chi connectivity index (χ4n) is 1.75. The van der Waals surface area contributed by atoms with Gasteiger partial charge < -0.3 is 4.74 Å². The number of aryl methyl sites for hydroxylation is 1. The average Bonchev–Trinajstić information content (AvgIpc) is 2.50. The number of benzene rings is 1. The molecular weight excluding hydrogens is 207 g/mol. The van der Waals surface area contributed by atoms with E-state index in [0.717, 1.165) is 0 Å². The van der Waals surface area contributed by atoms with Crippen molar-refractivity contribution in [3.05, 3.63) is 29.8 Å². The van der Waals surface area contributed by atoms with Crippen LogP contribution in [0.4, 0.5) is 0 Å². The molecule has 1 aromatic carbocycles. The summed E-state index contributed by atoms with van der Waals surface area (Å²) < 4.78 is 5.05. The molecule has 1 heterocycles. The van der Waals surface area contributed by atoms with Crippen molar-refractivity contribution in [2.75, 3.05) is 6.61 Å². The monoisotopic (exact) mass is 222 g/mol. The van der Waals surface area contributed by atoms with Crippen LogP contribution in [0.1, 0.15) is 12.5 Å². The molecule has 1 fully saturated rings. The average molecular weight is 222 g/mol. The van der Waals surface area contributed by atoms with Gasteiger partial charge in [-0.2, -0.15) is 0 Å². The van der Waals surface area contributed by atoms with E-state index in [-0.39, 0.29) is 11.6 Å². The summed E-state index contributed by atoms with van der Waals surface area (Å²) in [5.41, 5.74) is 1.32. The predicted molar refractivity (Wildman–Crippen MR) is 63.0 cm³/mol. The number of hydrogen-bond acceptors (Lipinski definition) is 2. The number of hydrogen-bond donors (Lipinski definition) is 0. The lowest BCUT2D eigenvalue weighted by molar-refractivity contribution is -0.137. The molecule has 1 saturated heterocycles. The highest BCUT2D eigenvalue weighted by Gasteiger charge is 2.33. The van der Waals surface area contributed by atoms with E-state index < -0.39 is 0 Å². The zero-order chi connectivity index (χ0) is 10.8. The molecule has 3 atom stereocenters. The third-order valence-corrected chi connectivity index (χ3v) is 4.41. The van der Waals surface area contributed by atoms with Crippen LogP contribution in [0.15, 0.2) is 24.3 Å². The molecule has 3 heteroatoms. The summed E-state index contributed by atoms with van der Waals surface area (Å²) >= 11 is 0.